The molecule has 3 rings (SSSR count). The molecule has 1 amide bonds. The minimum Gasteiger partial charge on any atom is -0.354 e. The molecule has 0 spiro atoms. The predicted octanol–water partition coefficient (Wildman–Crippen LogP) is 2.58. The summed E-state index contributed by atoms with van der Waals surface area (Å²) in [7, 11) is 0. The molecule has 0 unspecified atom stereocenters. The summed E-state index contributed by atoms with van der Waals surface area (Å²) < 4.78 is 16.7. The first-order valence-corrected chi connectivity index (χ1v) is 10.3. The number of aromatic nitrogens is 2. The lowest BCUT2D eigenvalue weighted by Crippen LogP contribution is -2.51. The van der Waals surface area contributed by atoms with Crippen molar-refractivity contribution in [3.05, 3.63) is 62.0 Å². The van der Waals surface area contributed by atoms with Crippen LogP contribution in [0.1, 0.15) is 55.7 Å². The van der Waals surface area contributed by atoms with Gasteiger partial charge in [0.15, 0.2) is 0 Å². The molecule has 1 saturated heterocycles. The molecule has 2 aromatic rings. The highest BCUT2D eigenvalue weighted by Gasteiger charge is 2.26. The Morgan fingerprint density at radius 1 is 0.933 bits per heavy atom. The molecule has 162 valence electrons. The van der Waals surface area contributed by atoms with Gasteiger partial charge in [0.25, 0.3) is 11.5 Å². The first-order valence-electron chi connectivity index (χ1n) is 10.3. The second-order valence-electron chi connectivity index (χ2n) is 8.29. The molecule has 0 N–H and O–H groups in total. The summed E-state index contributed by atoms with van der Waals surface area (Å²) in [5, 5.41) is 0. The van der Waals surface area contributed by atoms with Crippen molar-refractivity contribution in [1.29, 1.82) is 0 Å². The van der Waals surface area contributed by atoms with Crippen molar-refractivity contribution in [3.8, 4) is 0 Å². The van der Waals surface area contributed by atoms with Gasteiger partial charge in [-0.15, -0.1) is 0 Å². The number of halogens is 1. The number of aryl methyl sites for hydroxylation is 1. The summed E-state index contributed by atoms with van der Waals surface area (Å²) in [6.45, 7) is 10.9. The highest BCUT2D eigenvalue weighted by Crippen LogP contribution is 2.19. The third-order valence-electron chi connectivity index (χ3n) is 5.49. The van der Waals surface area contributed by atoms with Gasteiger partial charge in [-0.05, 0) is 52.3 Å². The zero-order chi connectivity index (χ0) is 22.2. The van der Waals surface area contributed by atoms with E-state index in [9.17, 15) is 18.8 Å². The molecule has 2 heterocycles. The molecule has 1 aliphatic rings. The Bertz CT molecular complexity index is 1060. The Kier molecular flexibility index (Phi) is 6.14. The van der Waals surface area contributed by atoms with Gasteiger partial charge < -0.3 is 9.80 Å². The molecule has 0 saturated carbocycles. The van der Waals surface area contributed by atoms with Gasteiger partial charge in [-0.1, -0.05) is 6.07 Å². The molecule has 0 atom stereocenters. The van der Waals surface area contributed by atoms with E-state index in [1.54, 1.807) is 28.5 Å². The molecular formula is C22H29FN4O3. The first kappa shape index (κ1) is 21.8. The standard InChI is InChI=1S/C22H29FN4O3/c1-14(2)26-19(13-20(28)27(15(3)4)22(26)30)24-8-10-25(11-9-24)21(29)17-7-6-16(5)18(23)12-17/h6-7,12-15H,8-11H2,1-5H3. The SMILES string of the molecule is Cc1ccc(C(=O)N2CCN(c3cc(=O)n(C(C)C)c(=O)n3C(C)C)CC2)cc1F. The van der Waals surface area contributed by atoms with E-state index in [0.29, 0.717) is 43.1 Å². The van der Waals surface area contributed by atoms with Crippen LogP contribution in [0.4, 0.5) is 10.2 Å². The lowest BCUT2D eigenvalue weighted by molar-refractivity contribution is 0.0745. The number of benzene rings is 1. The number of rotatable bonds is 4. The molecule has 0 radical (unpaired) electrons. The van der Waals surface area contributed by atoms with E-state index in [-0.39, 0.29) is 29.2 Å². The highest BCUT2D eigenvalue weighted by atomic mass is 19.1. The monoisotopic (exact) mass is 416 g/mol. The van der Waals surface area contributed by atoms with E-state index in [4.69, 9.17) is 0 Å². The number of hydrogen-bond acceptors (Lipinski definition) is 4. The van der Waals surface area contributed by atoms with Gasteiger partial charge in [-0.3, -0.25) is 18.7 Å². The average molecular weight is 416 g/mol. The Labute approximate surface area is 175 Å². The lowest BCUT2D eigenvalue weighted by atomic mass is 10.1. The topological polar surface area (TPSA) is 67.6 Å². The maximum Gasteiger partial charge on any atom is 0.333 e. The molecule has 1 aromatic carbocycles. The van der Waals surface area contributed by atoms with Crippen molar-refractivity contribution in [2.24, 2.45) is 0 Å². The van der Waals surface area contributed by atoms with E-state index < -0.39 is 5.82 Å². The van der Waals surface area contributed by atoms with Gasteiger partial charge in [0.05, 0.1) is 0 Å². The Balaban J connectivity index is 1.84. The molecule has 0 bridgehead atoms. The van der Waals surface area contributed by atoms with Gasteiger partial charge in [0.1, 0.15) is 11.6 Å². The van der Waals surface area contributed by atoms with Crippen molar-refractivity contribution < 1.29 is 9.18 Å². The van der Waals surface area contributed by atoms with Crippen LogP contribution in [0.5, 0.6) is 0 Å². The van der Waals surface area contributed by atoms with Crippen LogP contribution in [-0.4, -0.2) is 46.1 Å². The fourth-order valence-corrected chi connectivity index (χ4v) is 3.81. The molecule has 30 heavy (non-hydrogen) atoms. The van der Waals surface area contributed by atoms with Crippen LogP contribution in [-0.2, 0) is 0 Å². The summed E-state index contributed by atoms with van der Waals surface area (Å²) in [4.78, 5) is 41.9. The molecule has 1 aromatic heterocycles. The van der Waals surface area contributed by atoms with Crippen LogP contribution in [0.2, 0.25) is 0 Å². The van der Waals surface area contributed by atoms with Crippen LogP contribution in [0, 0.1) is 12.7 Å². The molecular weight excluding hydrogens is 387 g/mol. The number of carbonyl (C=O) groups excluding carboxylic acids is 1. The fraction of sp³-hybridized carbons (Fsp3) is 0.500. The number of carbonyl (C=O) groups is 1. The van der Waals surface area contributed by atoms with Crippen LogP contribution < -0.4 is 16.1 Å². The minimum absolute atomic E-state index is 0.117. The van der Waals surface area contributed by atoms with Crippen LogP contribution >= 0.6 is 0 Å². The van der Waals surface area contributed by atoms with Gasteiger partial charge in [-0.2, -0.15) is 0 Å². The van der Waals surface area contributed by atoms with Crippen molar-refractivity contribution in [2.75, 3.05) is 31.1 Å². The van der Waals surface area contributed by atoms with Gasteiger partial charge in [0.2, 0.25) is 0 Å². The van der Waals surface area contributed by atoms with E-state index in [0.717, 1.165) is 0 Å². The molecule has 0 aliphatic carbocycles. The van der Waals surface area contributed by atoms with Gasteiger partial charge >= 0.3 is 5.69 Å². The summed E-state index contributed by atoms with van der Waals surface area (Å²) >= 11 is 0. The number of hydrogen-bond donors (Lipinski definition) is 0. The second kappa shape index (κ2) is 8.45. The van der Waals surface area contributed by atoms with Crippen LogP contribution in [0.25, 0.3) is 0 Å². The predicted molar refractivity (Wildman–Crippen MR) is 115 cm³/mol. The molecule has 8 heteroatoms. The lowest BCUT2D eigenvalue weighted by Gasteiger charge is -2.37. The minimum atomic E-state index is -0.397. The Morgan fingerprint density at radius 3 is 2.07 bits per heavy atom. The number of piperazine rings is 1. The maximum absolute atomic E-state index is 13.8. The average Bonchev–Trinajstić information content (AvgIpc) is 2.68. The molecule has 1 fully saturated rings. The fourth-order valence-electron chi connectivity index (χ4n) is 3.81. The van der Waals surface area contributed by atoms with Gasteiger partial charge in [-0.25, -0.2) is 9.18 Å². The Hall–Kier alpha value is -2.90. The maximum atomic E-state index is 13.8. The normalized spacial score (nSPS) is 14.7. The number of amides is 1. The summed E-state index contributed by atoms with van der Waals surface area (Å²) in [6.07, 6.45) is 0. The zero-order valence-corrected chi connectivity index (χ0v) is 18.2. The highest BCUT2D eigenvalue weighted by molar-refractivity contribution is 5.94. The van der Waals surface area contributed by atoms with E-state index >= 15 is 0 Å². The number of anilines is 1. The van der Waals surface area contributed by atoms with E-state index in [1.807, 2.05) is 32.6 Å². The van der Waals surface area contributed by atoms with Crippen LogP contribution in [0.15, 0.2) is 33.9 Å². The third kappa shape index (κ3) is 4.04. The quantitative estimate of drug-likeness (QED) is 0.768. The summed E-state index contributed by atoms with van der Waals surface area (Å²) in [5.41, 5.74) is 0.177. The summed E-state index contributed by atoms with van der Waals surface area (Å²) in [6, 6.07) is 5.67. The summed E-state index contributed by atoms with van der Waals surface area (Å²) in [5.74, 6) is -0.0402. The number of nitrogens with zero attached hydrogens (tertiary/aromatic N) is 4. The largest absolute Gasteiger partial charge is 0.354 e. The van der Waals surface area contributed by atoms with E-state index in [2.05, 4.69) is 0 Å². The first-order chi connectivity index (χ1) is 14.1. The smallest absolute Gasteiger partial charge is 0.333 e. The van der Waals surface area contributed by atoms with Crippen molar-refractivity contribution >= 4 is 11.7 Å². The third-order valence-corrected chi connectivity index (χ3v) is 5.49. The Morgan fingerprint density at radius 2 is 1.53 bits per heavy atom. The molecule has 7 nitrogen and oxygen atoms in total. The zero-order valence-electron chi connectivity index (χ0n) is 18.2. The van der Waals surface area contributed by atoms with Crippen molar-refractivity contribution in [3.63, 3.8) is 0 Å². The van der Waals surface area contributed by atoms with Crippen molar-refractivity contribution in [1.82, 2.24) is 14.0 Å². The van der Waals surface area contributed by atoms with Crippen molar-refractivity contribution in [2.45, 2.75) is 46.7 Å². The second-order valence-corrected chi connectivity index (χ2v) is 8.29. The van der Waals surface area contributed by atoms with Gasteiger partial charge in [0, 0.05) is 49.9 Å². The van der Waals surface area contributed by atoms with Crippen LogP contribution in [0.3, 0.4) is 0 Å². The molecule has 1 aliphatic heterocycles. The van der Waals surface area contributed by atoms with E-state index in [1.165, 1.54) is 16.7 Å².